The molecule has 0 aliphatic rings. The second kappa shape index (κ2) is 4.10. The minimum absolute atomic E-state index is 0.244. The molecule has 0 bridgehead atoms. The van der Waals surface area contributed by atoms with Gasteiger partial charge in [-0.1, -0.05) is 23.7 Å². The van der Waals surface area contributed by atoms with Crippen molar-refractivity contribution in [3.8, 4) is 11.3 Å². The van der Waals surface area contributed by atoms with E-state index in [1.165, 1.54) is 6.07 Å². The highest BCUT2D eigenvalue weighted by Crippen LogP contribution is 2.31. The maximum atomic E-state index is 13.8. The van der Waals surface area contributed by atoms with Gasteiger partial charge in [-0.3, -0.25) is 0 Å². The van der Waals surface area contributed by atoms with Crippen LogP contribution in [0.15, 0.2) is 36.5 Å². The summed E-state index contributed by atoms with van der Waals surface area (Å²) in [5.41, 5.74) is 3.16. The molecular weight excluding hydrogens is 251 g/mol. The third-order valence-corrected chi connectivity index (χ3v) is 3.26. The van der Waals surface area contributed by atoms with E-state index in [4.69, 9.17) is 11.6 Å². The Morgan fingerprint density at radius 3 is 2.83 bits per heavy atom. The maximum absolute atomic E-state index is 13.8. The summed E-state index contributed by atoms with van der Waals surface area (Å²) in [7, 11) is 0. The minimum Gasteiger partial charge on any atom is -0.353 e. The summed E-state index contributed by atoms with van der Waals surface area (Å²) in [5.74, 6) is -0.244. The van der Waals surface area contributed by atoms with Crippen LogP contribution in [-0.2, 0) is 0 Å². The molecule has 0 unspecified atom stereocenters. The molecule has 1 aromatic carbocycles. The molecule has 0 fully saturated rings. The first-order chi connectivity index (χ1) is 8.66. The highest BCUT2D eigenvalue weighted by Gasteiger charge is 2.13. The van der Waals surface area contributed by atoms with Gasteiger partial charge in [0.05, 0.1) is 17.4 Å². The summed E-state index contributed by atoms with van der Waals surface area (Å²) < 4.78 is 13.8. The van der Waals surface area contributed by atoms with Gasteiger partial charge in [-0.05, 0) is 30.7 Å². The van der Waals surface area contributed by atoms with E-state index < -0.39 is 0 Å². The fraction of sp³-hybridized carbons (Fsp3) is 0.0714. The Bertz CT molecular complexity index is 734. The minimum atomic E-state index is -0.244. The van der Waals surface area contributed by atoms with Crippen molar-refractivity contribution in [1.29, 1.82) is 0 Å². The number of pyridine rings is 1. The molecule has 2 nitrogen and oxygen atoms in total. The lowest BCUT2D eigenvalue weighted by molar-refractivity contribution is 0.631. The number of aromatic amines is 1. The Balaban J connectivity index is 2.31. The van der Waals surface area contributed by atoms with Crippen LogP contribution in [0.25, 0.3) is 22.2 Å². The molecule has 2 aromatic heterocycles. The van der Waals surface area contributed by atoms with Gasteiger partial charge in [0, 0.05) is 10.9 Å². The zero-order chi connectivity index (χ0) is 12.7. The average Bonchev–Trinajstić information content (AvgIpc) is 2.68. The van der Waals surface area contributed by atoms with E-state index in [0.717, 1.165) is 22.2 Å². The molecule has 0 spiro atoms. The summed E-state index contributed by atoms with van der Waals surface area (Å²) in [5, 5.41) is 1.40. The molecular formula is C14H10ClFN2. The molecule has 2 heterocycles. The number of hydrogen-bond donors (Lipinski definition) is 1. The second-order valence-corrected chi connectivity index (χ2v) is 4.54. The Morgan fingerprint density at radius 2 is 2.06 bits per heavy atom. The van der Waals surface area contributed by atoms with Crippen molar-refractivity contribution < 1.29 is 4.39 Å². The summed E-state index contributed by atoms with van der Waals surface area (Å²) in [4.78, 5) is 7.21. The number of nitrogens with one attached hydrogen (secondary N) is 1. The van der Waals surface area contributed by atoms with Gasteiger partial charge in [0.2, 0.25) is 0 Å². The number of aromatic nitrogens is 2. The number of nitrogens with zero attached hydrogens (tertiary/aromatic N) is 1. The second-order valence-electron chi connectivity index (χ2n) is 4.16. The van der Waals surface area contributed by atoms with Gasteiger partial charge in [-0.15, -0.1) is 0 Å². The van der Waals surface area contributed by atoms with Crippen molar-refractivity contribution in [2.24, 2.45) is 0 Å². The Labute approximate surface area is 108 Å². The van der Waals surface area contributed by atoms with E-state index in [9.17, 15) is 4.39 Å². The summed E-state index contributed by atoms with van der Waals surface area (Å²) >= 11 is 5.88. The Kier molecular flexibility index (Phi) is 2.56. The molecule has 4 heteroatoms. The predicted octanol–water partition coefficient (Wildman–Crippen LogP) is 4.33. The lowest BCUT2D eigenvalue weighted by atomic mass is 10.1. The molecule has 0 atom stereocenters. The summed E-state index contributed by atoms with van der Waals surface area (Å²) in [6.07, 6.45) is 1.66. The van der Waals surface area contributed by atoms with Crippen LogP contribution in [0.2, 0.25) is 5.15 Å². The lowest BCUT2D eigenvalue weighted by Gasteiger charge is -2.01. The summed E-state index contributed by atoms with van der Waals surface area (Å²) in [6, 6.07) is 8.48. The molecule has 90 valence electrons. The molecule has 0 aliphatic heterocycles. The van der Waals surface area contributed by atoms with Crippen LogP contribution in [0.5, 0.6) is 0 Å². The molecule has 0 radical (unpaired) electrons. The van der Waals surface area contributed by atoms with Crippen molar-refractivity contribution in [2.75, 3.05) is 0 Å². The number of rotatable bonds is 1. The van der Waals surface area contributed by atoms with Crippen molar-refractivity contribution in [1.82, 2.24) is 9.97 Å². The van der Waals surface area contributed by atoms with Crippen LogP contribution < -0.4 is 0 Å². The van der Waals surface area contributed by atoms with E-state index in [1.54, 1.807) is 24.4 Å². The topological polar surface area (TPSA) is 28.7 Å². The van der Waals surface area contributed by atoms with E-state index >= 15 is 0 Å². The fourth-order valence-corrected chi connectivity index (χ4v) is 2.29. The SMILES string of the molecule is Cc1c(-c2ccccc2F)[nH]c2cnc(Cl)cc12. The molecule has 3 rings (SSSR count). The Morgan fingerprint density at radius 1 is 1.28 bits per heavy atom. The molecule has 0 aliphatic carbocycles. The van der Waals surface area contributed by atoms with Crippen LogP contribution in [0.1, 0.15) is 5.56 Å². The number of H-pyrrole nitrogens is 1. The number of halogens is 2. The lowest BCUT2D eigenvalue weighted by Crippen LogP contribution is -1.85. The van der Waals surface area contributed by atoms with Crippen molar-refractivity contribution in [3.63, 3.8) is 0 Å². The first kappa shape index (κ1) is 11.2. The smallest absolute Gasteiger partial charge is 0.132 e. The van der Waals surface area contributed by atoms with Gasteiger partial charge >= 0.3 is 0 Å². The van der Waals surface area contributed by atoms with Crippen molar-refractivity contribution in [2.45, 2.75) is 6.92 Å². The Hall–Kier alpha value is -1.87. The highest BCUT2D eigenvalue weighted by molar-refractivity contribution is 6.30. The third kappa shape index (κ3) is 1.68. The standard InChI is InChI=1S/C14H10ClFN2/c1-8-10-6-13(15)17-7-12(10)18-14(8)9-4-2-3-5-11(9)16/h2-7,18H,1H3. The molecule has 1 N–H and O–H groups in total. The largest absolute Gasteiger partial charge is 0.353 e. The molecule has 3 aromatic rings. The first-order valence-electron chi connectivity index (χ1n) is 5.55. The predicted molar refractivity (Wildman–Crippen MR) is 71.2 cm³/mol. The van der Waals surface area contributed by atoms with Crippen molar-refractivity contribution in [3.05, 3.63) is 53.1 Å². The van der Waals surface area contributed by atoms with Crippen LogP contribution in [-0.4, -0.2) is 9.97 Å². The van der Waals surface area contributed by atoms with Gasteiger partial charge in [0.1, 0.15) is 11.0 Å². The van der Waals surface area contributed by atoms with Gasteiger partial charge in [-0.25, -0.2) is 9.37 Å². The van der Waals surface area contributed by atoms with Gasteiger partial charge in [0.15, 0.2) is 0 Å². The monoisotopic (exact) mass is 260 g/mol. The molecule has 0 saturated carbocycles. The maximum Gasteiger partial charge on any atom is 0.132 e. The molecule has 18 heavy (non-hydrogen) atoms. The van der Waals surface area contributed by atoms with E-state index in [0.29, 0.717) is 10.7 Å². The number of aryl methyl sites for hydroxylation is 1. The average molecular weight is 261 g/mol. The van der Waals surface area contributed by atoms with Crippen LogP contribution in [0.4, 0.5) is 4.39 Å². The van der Waals surface area contributed by atoms with Gasteiger partial charge in [0.25, 0.3) is 0 Å². The highest BCUT2D eigenvalue weighted by atomic mass is 35.5. The zero-order valence-electron chi connectivity index (χ0n) is 9.67. The quantitative estimate of drug-likeness (QED) is 0.648. The number of fused-ring (bicyclic) bond motifs is 1. The summed E-state index contributed by atoms with van der Waals surface area (Å²) in [6.45, 7) is 1.94. The normalized spacial score (nSPS) is 11.1. The first-order valence-corrected chi connectivity index (χ1v) is 5.93. The van der Waals surface area contributed by atoms with Crippen LogP contribution in [0.3, 0.4) is 0 Å². The van der Waals surface area contributed by atoms with E-state index in [1.807, 2.05) is 13.0 Å². The number of benzene rings is 1. The van der Waals surface area contributed by atoms with Crippen LogP contribution >= 0.6 is 11.6 Å². The van der Waals surface area contributed by atoms with E-state index in [-0.39, 0.29) is 5.82 Å². The zero-order valence-corrected chi connectivity index (χ0v) is 10.4. The molecule has 0 saturated heterocycles. The number of hydrogen-bond acceptors (Lipinski definition) is 1. The fourth-order valence-electron chi connectivity index (χ4n) is 2.14. The van der Waals surface area contributed by atoms with Gasteiger partial charge < -0.3 is 4.98 Å². The van der Waals surface area contributed by atoms with Crippen molar-refractivity contribution >= 4 is 22.5 Å². The van der Waals surface area contributed by atoms with E-state index in [2.05, 4.69) is 9.97 Å². The van der Waals surface area contributed by atoms with Gasteiger partial charge in [-0.2, -0.15) is 0 Å². The third-order valence-electron chi connectivity index (χ3n) is 3.05. The van der Waals surface area contributed by atoms with Crippen LogP contribution in [0, 0.1) is 12.7 Å². The molecule has 0 amide bonds.